The number of carbonyl (C=O) groups excluding carboxylic acids is 1. The van der Waals surface area contributed by atoms with Gasteiger partial charge in [-0.2, -0.15) is 5.10 Å². The van der Waals surface area contributed by atoms with Crippen molar-refractivity contribution in [3.8, 4) is 17.2 Å². The lowest BCUT2D eigenvalue weighted by Gasteiger charge is -2.10. The first-order valence-electron chi connectivity index (χ1n) is 10.3. The molecule has 0 aliphatic heterocycles. The molecule has 1 aliphatic rings. The van der Waals surface area contributed by atoms with Crippen LogP contribution < -0.4 is 20.5 Å². The van der Waals surface area contributed by atoms with Crippen LogP contribution in [0.4, 0.5) is 0 Å². The molecule has 0 saturated heterocycles. The standard InChI is InChI=1S/C23H26N4O4/c1-30-19-11-8-16(14-20(19)31-2)12-13-24-21(28)15-26-23(29)27(18-6-4-3-5-7-18)22(25-26)17-9-10-17/h3-8,11,14,17H,9-10,12-13,15H2,1-2H3,(H,24,28). The number of nitrogens with one attached hydrogen (secondary N) is 1. The van der Waals surface area contributed by atoms with E-state index in [9.17, 15) is 9.59 Å². The Morgan fingerprint density at radius 1 is 1.10 bits per heavy atom. The molecule has 162 valence electrons. The van der Waals surface area contributed by atoms with Crippen molar-refractivity contribution in [3.05, 3.63) is 70.4 Å². The molecule has 1 saturated carbocycles. The third-order valence-corrected chi connectivity index (χ3v) is 5.30. The fourth-order valence-electron chi connectivity index (χ4n) is 3.53. The third-order valence-electron chi connectivity index (χ3n) is 5.30. The zero-order chi connectivity index (χ0) is 21.8. The molecular formula is C23H26N4O4. The van der Waals surface area contributed by atoms with Crippen LogP contribution in [0, 0.1) is 0 Å². The molecule has 1 aliphatic carbocycles. The van der Waals surface area contributed by atoms with Crippen LogP contribution in [0.15, 0.2) is 53.3 Å². The van der Waals surface area contributed by atoms with Crippen molar-refractivity contribution in [3.63, 3.8) is 0 Å². The van der Waals surface area contributed by atoms with Crippen LogP contribution in [-0.2, 0) is 17.8 Å². The van der Waals surface area contributed by atoms with E-state index in [2.05, 4.69) is 10.4 Å². The summed E-state index contributed by atoms with van der Waals surface area (Å²) in [5, 5.41) is 7.34. The van der Waals surface area contributed by atoms with Crippen LogP contribution in [0.5, 0.6) is 11.5 Å². The Morgan fingerprint density at radius 3 is 2.52 bits per heavy atom. The van der Waals surface area contributed by atoms with E-state index < -0.39 is 0 Å². The van der Waals surface area contributed by atoms with Gasteiger partial charge in [-0.25, -0.2) is 14.0 Å². The number of amides is 1. The van der Waals surface area contributed by atoms with E-state index in [4.69, 9.17) is 9.47 Å². The van der Waals surface area contributed by atoms with Crippen molar-refractivity contribution in [1.82, 2.24) is 19.7 Å². The summed E-state index contributed by atoms with van der Waals surface area (Å²) in [4.78, 5) is 25.4. The van der Waals surface area contributed by atoms with Gasteiger partial charge in [-0.3, -0.25) is 4.79 Å². The number of aromatic nitrogens is 3. The van der Waals surface area contributed by atoms with Gasteiger partial charge in [-0.15, -0.1) is 0 Å². The normalized spacial score (nSPS) is 13.1. The van der Waals surface area contributed by atoms with Gasteiger partial charge in [-0.05, 0) is 49.1 Å². The SMILES string of the molecule is COc1ccc(CCNC(=O)Cn2nc(C3CC3)n(-c3ccccc3)c2=O)cc1OC. The topological polar surface area (TPSA) is 87.4 Å². The highest BCUT2D eigenvalue weighted by Crippen LogP contribution is 2.39. The van der Waals surface area contributed by atoms with E-state index in [1.54, 1.807) is 18.8 Å². The summed E-state index contributed by atoms with van der Waals surface area (Å²) in [7, 11) is 3.18. The zero-order valence-electron chi connectivity index (χ0n) is 17.7. The second-order valence-corrected chi connectivity index (χ2v) is 7.53. The van der Waals surface area contributed by atoms with Crippen molar-refractivity contribution >= 4 is 5.91 Å². The highest BCUT2D eigenvalue weighted by molar-refractivity contribution is 5.75. The Balaban J connectivity index is 1.41. The van der Waals surface area contributed by atoms with E-state index in [-0.39, 0.29) is 24.1 Å². The van der Waals surface area contributed by atoms with Gasteiger partial charge in [0.25, 0.3) is 0 Å². The molecule has 1 fully saturated rings. The number of carbonyl (C=O) groups is 1. The molecule has 8 nitrogen and oxygen atoms in total. The predicted molar refractivity (Wildman–Crippen MR) is 116 cm³/mol. The quantitative estimate of drug-likeness (QED) is 0.572. The van der Waals surface area contributed by atoms with Crippen LogP contribution in [-0.4, -0.2) is 41.0 Å². The average Bonchev–Trinajstić information content (AvgIpc) is 3.59. The van der Waals surface area contributed by atoms with Gasteiger partial charge in [0, 0.05) is 12.5 Å². The minimum absolute atomic E-state index is 0.107. The molecule has 1 N–H and O–H groups in total. The molecule has 1 amide bonds. The molecule has 3 aromatic rings. The maximum Gasteiger partial charge on any atom is 0.351 e. The lowest BCUT2D eigenvalue weighted by atomic mass is 10.1. The molecule has 0 bridgehead atoms. The molecule has 2 aromatic carbocycles. The predicted octanol–water partition coefficient (Wildman–Crippen LogP) is 2.29. The molecule has 1 heterocycles. The number of hydrogen-bond acceptors (Lipinski definition) is 5. The van der Waals surface area contributed by atoms with Gasteiger partial charge < -0.3 is 14.8 Å². The van der Waals surface area contributed by atoms with Crippen molar-refractivity contribution in [2.75, 3.05) is 20.8 Å². The highest BCUT2D eigenvalue weighted by atomic mass is 16.5. The van der Waals surface area contributed by atoms with Crippen molar-refractivity contribution in [2.24, 2.45) is 0 Å². The first-order valence-corrected chi connectivity index (χ1v) is 10.3. The van der Waals surface area contributed by atoms with Crippen LogP contribution in [0.25, 0.3) is 5.69 Å². The Labute approximate surface area is 180 Å². The second-order valence-electron chi connectivity index (χ2n) is 7.53. The van der Waals surface area contributed by atoms with E-state index in [0.717, 1.165) is 29.9 Å². The average molecular weight is 422 g/mol. The zero-order valence-corrected chi connectivity index (χ0v) is 17.7. The van der Waals surface area contributed by atoms with Gasteiger partial charge in [0.05, 0.1) is 19.9 Å². The number of benzene rings is 2. The van der Waals surface area contributed by atoms with Gasteiger partial charge in [-0.1, -0.05) is 24.3 Å². The van der Waals surface area contributed by atoms with Gasteiger partial charge in [0.1, 0.15) is 12.4 Å². The smallest absolute Gasteiger partial charge is 0.351 e. The number of hydrogen-bond donors (Lipinski definition) is 1. The highest BCUT2D eigenvalue weighted by Gasteiger charge is 2.31. The van der Waals surface area contributed by atoms with Crippen molar-refractivity contribution in [1.29, 1.82) is 0 Å². The van der Waals surface area contributed by atoms with Crippen LogP contribution in [0.2, 0.25) is 0 Å². The number of para-hydroxylation sites is 1. The van der Waals surface area contributed by atoms with E-state index in [1.807, 2.05) is 48.5 Å². The lowest BCUT2D eigenvalue weighted by Crippen LogP contribution is -2.34. The fourth-order valence-corrected chi connectivity index (χ4v) is 3.53. The van der Waals surface area contributed by atoms with E-state index in [0.29, 0.717) is 24.5 Å². The molecule has 4 rings (SSSR count). The first kappa shape index (κ1) is 20.7. The number of ether oxygens (including phenoxy) is 2. The monoisotopic (exact) mass is 422 g/mol. The number of nitrogens with zero attached hydrogens (tertiary/aromatic N) is 3. The molecular weight excluding hydrogens is 396 g/mol. The van der Waals surface area contributed by atoms with Crippen LogP contribution >= 0.6 is 0 Å². The second kappa shape index (κ2) is 9.07. The summed E-state index contributed by atoms with van der Waals surface area (Å²) in [6.07, 6.45) is 2.66. The van der Waals surface area contributed by atoms with E-state index >= 15 is 0 Å². The lowest BCUT2D eigenvalue weighted by molar-refractivity contribution is -0.121. The molecule has 1 aromatic heterocycles. The molecule has 0 unspecified atom stereocenters. The summed E-state index contributed by atoms with van der Waals surface area (Å²) in [5.74, 6) is 2.08. The maximum absolute atomic E-state index is 12.9. The fraction of sp³-hybridized carbons (Fsp3) is 0.348. The summed E-state index contributed by atoms with van der Waals surface area (Å²) in [6.45, 7) is 0.336. The largest absolute Gasteiger partial charge is 0.493 e. The summed E-state index contributed by atoms with van der Waals surface area (Å²) >= 11 is 0. The first-order chi connectivity index (χ1) is 15.1. The Hall–Kier alpha value is -3.55. The molecule has 8 heteroatoms. The Kier molecular flexibility index (Phi) is 6.06. The van der Waals surface area contributed by atoms with Gasteiger partial charge in [0.15, 0.2) is 11.5 Å². The number of rotatable bonds is 9. The van der Waals surface area contributed by atoms with Gasteiger partial charge in [0.2, 0.25) is 5.91 Å². The summed E-state index contributed by atoms with van der Waals surface area (Å²) in [5.41, 5.74) is 1.50. The summed E-state index contributed by atoms with van der Waals surface area (Å²) in [6, 6.07) is 15.1. The van der Waals surface area contributed by atoms with Gasteiger partial charge >= 0.3 is 5.69 Å². The number of methoxy groups -OCH3 is 2. The third kappa shape index (κ3) is 4.63. The maximum atomic E-state index is 12.9. The minimum atomic E-state index is -0.289. The summed E-state index contributed by atoms with van der Waals surface area (Å²) < 4.78 is 13.4. The molecule has 31 heavy (non-hydrogen) atoms. The Bertz CT molecular complexity index is 1120. The minimum Gasteiger partial charge on any atom is -0.493 e. The van der Waals surface area contributed by atoms with Crippen LogP contribution in [0.1, 0.15) is 30.1 Å². The molecule has 0 spiro atoms. The van der Waals surface area contributed by atoms with E-state index in [1.165, 1.54) is 4.68 Å². The van der Waals surface area contributed by atoms with Crippen molar-refractivity contribution < 1.29 is 14.3 Å². The van der Waals surface area contributed by atoms with Crippen LogP contribution in [0.3, 0.4) is 0 Å². The molecule has 0 radical (unpaired) electrons. The molecule has 0 atom stereocenters. The van der Waals surface area contributed by atoms with Crippen molar-refractivity contribution in [2.45, 2.75) is 31.7 Å². The Morgan fingerprint density at radius 2 is 1.84 bits per heavy atom.